The molecular formula is C14H19NO3. The van der Waals surface area contributed by atoms with Gasteiger partial charge < -0.3 is 19.5 Å². The molecule has 0 aliphatic heterocycles. The number of aliphatic hydroxyl groups excluding tert-OH is 1. The molecule has 0 heterocycles. The third kappa shape index (κ3) is 4.66. The zero-order chi connectivity index (χ0) is 13.4. The lowest BCUT2D eigenvalue weighted by atomic mass is 10.2. The lowest BCUT2D eigenvalue weighted by Crippen LogP contribution is -2.32. The summed E-state index contributed by atoms with van der Waals surface area (Å²) in [6.07, 6.45) is 4.49. The van der Waals surface area contributed by atoms with Crippen LogP contribution in [0.2, 0.25) is 0 Å². The molecule has 1 unspecified atom stereocenters. The highest BCUT2D eigenvalue weighted by Gasteiger charge is 2.09. The first kappa shape index (κ1) is 14.4. The monoisotopic (exact) mass is 249 g/mol. The maximum Gasteiger partial charge on any atom is 0.119 e. The molecule has 0 saturated carbocycles. The molecule has 0 saturated heterocycles. The summed E-state index contributed by atoms with van der Waals surface area (Å²) in [4.78, 5) is 1.95. The summed E-state index contributed by atoms with van der Waals surface area (Å²) >= 11 is 0. The van der Waals surface area contributed by atoms with Crippen molar-refractivity contribution in [2.45, 2.75) is 6.10 Å². The lowest BCUT2D eigenvalue weighted by Gasteiger charge is -2.22. The van der Waals surface area contributed by atoms with Crippen LogP contribution in [0.4, 0.5) is 5.69 Å². The minimum atomic E-state index is -0.564. The molecule has 1 rings (SSSR count). The van der Waals surface area contributed by atoms with Gasteiger partial charge in [0.05, 0.1) is 19.8 Å². The molecule has 4 nitrogen and oxygen atoms in total. The molecule has 0 bridgehead atoms. The number of benzene rings is 1. The average molecular weight is 249 g/mol. The molecule has 1 atom stereocenters. The van der Waals surface area contributed by atoms with Gasteiger partial charge in [-0.3, -0.25) is 0 Å². The predicted octanol–water partition coefficient (Wildman–Crippen LogP) is 1.14. The number of hydrogen-bond acceptors (Lipinski definition) is 4. The Balaban J connectivity index is 2.43. The van der Waals surface area contributed by atoms with E-state index in [2.05, 4.69) is 5.92 Å². The number of anilines is 1. The van der Waals surface area contributed by atoms with E-state index in [1.54, 1.807) is 7.11 Å². The number of hydrogen-bond donors (Lipinski definition) is 1. The van der Waals surface area contributed by atoms with E-state index in [-0.39, 0.29) is 13.2 Å². The average Bonchev–Trinajstić information content (AvgIpc) is 2.39. The number of methoxy groups -OCH3 is 1. The third-order valence-electron chi connectivity index (χ3n) is 2.49. The topological polar surface area (TPSA) is 41.9 Å². The Bertz CT molecular complexity index is 383. The van der Waals surface area contributed by atoms with Crippen LogP contribution in [0.3, 0.4) is 0 Å². The van der Waals surface area contributed by atoms with Gasteiger partial charge in [-0.15, -0.1) is 6.42 Å². The van der Waals surface area contributed by atoms with Crippen LogP contribution in [0, 0.1) is 12.3 Å². The van der Waals surface area contributed by atoms with Gasteiger partial charge >= 0.3 is 0 Å². The van der Waals surface area contributed by atoms with Gasteiger partial charge in [-0.2, -0.15) is 0 Å². The summed E-state index contributed by atoms with van der Waals surface area (Å²) in [6, 6.07) is 7.64. The van der Waals surface area contributed by atoms with Crippen molar-refractivity contribution >= 4 is 5.69 Å². The first-order valence-corrected chi connectivity index (χ1v) is 5.72. The van der Waals surface area contributed by atoms with E-state index in [1.807, 2.05) is 36.2 Å². The fraction of sp³-hybridized carbons (Fsp3) is 0.429. The van der Waals surface area contributed by atoms with Crippen molar-refractivity contribution in [2.24, 2.45) is 0 Å². The smallest absolute Gasteiger partial charge is 0.119 e. The second-order valence-corrected chi connectivity index (χ2v) is 3.95. The molecule has 4 heteroatoms. The molecule has 0 amide bonds. The van der Waals surface area contributed by atoms with Crippen molar-refractivity contribution in [2.75, 3.05) is 38.8 Å². The Morgan fingerprint density at radius 2 is 2.06 bits per heavy atom. The highest BCUT2D eigenvalue weighted by molar-refractivity contribution is 5.48. The molecule has 0 aliphatic carbocycles. The molecular weight excluding hydrogens is 230 g/mol. The predicted molar refractivity (Wildman–Crippen MR) is 71.9 cm³/mol. The van der Waals surface area contributed by atoms with Gasteiger partial charge in [0, 0.05) is 19.3 Å². The zero-order valence-electron chi connectivity index (χ0n) is 10.8. The van der Waals surface area contributed by atoms with Crippen LogP contribution in [0.25, 0.3) is 0 Å². The van der Waals surface area contributed by atoms with Crippen LogP contribution in [0.5, 0.6) is 5.75 Å². The SMILES string of the molecule is C#CCOCC(O)CN(C)c1ccc(OC)cc1. The largest absolute Gasteiger partial charge is 0.497 e. The molecule has 1 aromatic carbocycles. The van der Waals surface area contributed by atoms with Crippen molar-refractivity contribution in [1.82, 2.24) is 0 Å². The number of nitrogens with zero attached hydrogens (tertiary/aromatic N) is 1. The Morgan fingerprint density at radius 1 is 1.39 bits per heavy atom. The highest BCUT2D eigenvalue weighted by Crippen LogP contribution is 2.18. The highest BCUT2D eigenvalue weighted by atomic mass is 16.5. The third-order valence-corrected chi connectivity index (χ3v) is 2.49. The normalized spacial score (nSPS) is 11.7. The zero-order valence-corrected chi connectivity index (χ0v) is 10.8. The maximum atomic E-state index is 9.75. The van der Waals surface area contributed by atoms with Gasteiger partial charge in [-0.05, 0) is 24.3 Å². The first-order valence-electron chi connectivity index (χ1n) is 5.72. The summed E-state index contributed by atoms with van der Waals surface area (Å²) in [5.74, 6) is 3.17. The van der Waals surface area contributed by atoms with E-state index in [4.69, 9.17) is 15.9 Å². The Labute approximate surface area is 108 Å². The second-order valence-electron chi connectivity index (χ2n) is 3.95. The minimum Gasteiger partial charge on any atom is -0.497 e. The summed E-state index contributed by atoms with van der Waals surface area (Å²) in [6.45, 7) is 0.949. The van der Waals surface area contributed by atoms with Gasteiger partial charge in [-0.25, -0.2) is 0 Å². The van der Waals surface area contributed by atoms with Crippen molar-refractivity contribution < 1.29 is 14.6 Å². The van der Waals surface area contributed by atoms with E-state index in [0.29, 0.717) is 6.54 Å². The molecule has 0 aromatic heterocycles. The summed E-state index contributed by atoms with van der Waals surface area (Å²) in [5.41, 5.74) is 1.01. The molecule has 98 valence electrons. The molecule has 0 spiro atoms. The van der Waals surface area contributed by atoms with Crippen LogP contribution in [0.15, 0.2) is 24.3 Å². The number of likely N-dealkylation sites (N-methyl/N-ethyl adjacent to an activating group) is 1. The number of terminal acetylenes is 1. The van der Waals surface area contributed by atoms with Gasteiger partial charge in [0.1, 0.15) is 12.4 Å². The Kier molecular flexibility index (Phi) is 6.06. The molecule has 18 heavy (non-hydrogen) atoms. The maximum absolute atomic E-state index is 9.75. The van der Waals surface area contributed by atoms with E-state index >= 15 is 0 Å². The van der Waals surface area contributed by atoms with Crippen LogP contribution in [-0.2, 0) is 4.74 Å². The fourth-order valence-corrected chi connectivity index (χ4v) is 1.56. The van der Waals surface area contributed by atoms with Gasteiger partial charge in [0.2, 0.25) is 0 Å². The van der Waals surface area contributed by atoms with Crippen molar-refractivity contribution in [3.05, 3.63) is 24.3 Å². The second kappa shape index (κ2) is 7.59. The summed E-state index contributed by atoms with van der Waals surface area (Å²) in [7, 11) is 3.54. The molecule has 0 fully saturated rings. The molecule has 0 radical (unpaired) electrons. The van der Waals surface area contributed by atoms with Crippen LogP contribution in [-0.4, -0.2) is 45.1 Å². The van der Waals surface area contributed by atoms with Crippen LogP contribution < -0.4 is 9.64 Å². The molecule has 1 N–H and O–H groups in total. The number of rotatable bonds is 7. The molecule has 1 aromatic rings. The van der Waals surface area contributed by atoms with Gasteiger partial charge in [0.15, 0.2) is 0 Å². The van der Waals surface area contributed by atoms with E-state index in [0.717, 1.165) is 11.4 Å². The number of ether oxygens (including phenoxy) is 2. The fourth-order valence-electron chi connectivity index (χ4n) is 1.56. The lowest BCUT2D eigenvalue weighted by molar-refractivity contribution is 0.0559. The van der Waals surface area contributed by atoms with Gasteiger partial charge in [-0.1, -0.05) is 5.92 Å². The van der Waals surface area contributed by atoms with Crippen molar-refractivity contribution in [1.29, 1.82) is 0 Å². The Morgan fingerprint density at radius 3 is 2.61 bits per heavy atom. The molecule has 0 aliphatic rings. The Hall–Kier alpha value is -1.70. The first-order chi connectivity index (χ1) is 8.67. The van der Waals surface area contributed by atoms with Crippen LogP contribution >= 0.6 is 0 Å². The number of aliphatic hydroxyl groups is 1. The summed E-state index contributed by atoms with van der Waals surface area (Å²) < 4.78 is 10.2. The van der Waals surface area contributed by atoms with E-state index in [9.17, 15) is 5.11 Å². The van der Waals surface area contributed by atoms with Crippen LogP contribution in [0.1, 0.15) is 0 Å². The minimum absolute atomic E-state index is 0.226. The standard InChI is InChI=1S/C14H19NO3/c1-4-9-18-11-13(16)10-15(2)12-5-7-14(17-3)8-6-12/h1,5-8,13,16H,9-11H2,2-3H3. The summed E-state index contributed by atoms with van der Waals surface area (Å²) in [5, 5.41) is 9.75. The van der Waals surface area contributed by atoms with E-state index < -0.39 is 6.10 Å². The van der Waals surface area contributed by atoms with Crippen molar-refractivity contribution in [3.63, 3.8) is 0 Å². The van der Waals surface area contributed by atoms with Gasteiger partial charge in [0.25, 0.3) is 0 Å². The van der Waals surface area contributed by atoms with E-state index in [1.165, 1.54) is 0 Å². The quantitative estimate of drug-likeness (QED) is 0.581. The van der Waals surface area contributed by atoms with Crippen molar-refractivity contribution in [3.8, 4) is 18.1 Å².